The lowest BCUT2D eigenvalue weighted by Crippen LogP contribution is -2.35. The Morgan fingerprint density at radius 3 is 2.66 bits per heavy atom. The molecule has 1 aromatic heterocycles. The standard InChI is InChI=1S/C22H25N5O2/c1-25-15-20(22(24-25)18-6-8-21(9-7-18)27(28)29)14-23-11-13-26-12-10-17-4-2-3-5-19(17)16-26/h2-9,15,23H,10-14,16H2,1H3. The Morgan fingerprint density at radius 1 is 1.14 bits per heavy atom. The second-order valence-corrected chi connectivity index (χ2v) is 7.45. The van der Waals surface area contributed by atoms with Gasteiger partial charge in [0.05, 0.1) is 10.6 Å². The van der Waals surface area contributed by atoms with Crippen molar-refractivity contribution in [2.45, 2.75) is 19.5 Å². The highest BCUT2D eigenvalue weighted by molar-refractivity contribution is 5.64. The fourth-order valence-corrected chi connectivity index (χ4v) is 3.86. The number of fused-ring (bicyclic) bond motifs is 1. The highest BCUT2D eigenvalue weighted by atomic mass is 16.6. The molecule has 0 spiro atoms. The molecule has 0 unspecified atom stereocenters. The number of benzene rings is 2. The van der Waals surface area contributed by atoms with E-state index in [1.165, 1.54) is 23.3 Å². The monoisotopic (exact) mass is 391 g/mol. The van der Waals surface area contributed by atoms with E-state index >= 15 is 0 Å². The van der Waals surface area contributed by atoms with Gasteiger partial charge in [-0.25, -0.2) is 0 Å². The largest absolute Gasteiger partial charge is 0.311 e. The van der Waals surface area contributed by atoms with Gasteiger partial charge in [-0.1, -0.05) is 24.3 Å². The maximum Gasteiger partial charge on any atom is 0.269 e. The van der Waals surface area contributed by atoms with E-state index in [0.29, 0.717) is 6.54 Å². The molecule has 0 saturated carbocycles. The van der Waals surface area contributed by atoms with E-state index in [9.17, 15) is 10.1 Å². The summed E-state index contributed by atoms with van der Waals surface area (Å²) in [5.41, 5.74) is 5.84. The molecule has 4 rings (SSSR count). The molecular weight excluding hydrogens is 366 g/mol. The van der Waals surface area contributed by atoms with Crippen LogP contribution in [0.2, 0.25) is 0 Å². The summed E-state index contributed by atoms with van der Waals surface area (Å²) in [4.78, 5) is 13.0. The summed E-state index contributed by atoms with van der Waals surface area (Å²) in [5, 5.41) is 18.9. The van der Waals surface area contributed by atoms with Crippen molar-refractivity contribution in [3.05, 3.63) is 81.5 Å². The highest BCUT2D eigenvalue weighted by Gasteiger charge is 2.15. The van der Waals surface area contributed by atoms with Crippen molar-refractivity contribution < 1.29 is 4.92 Å². The number of non-ortho nitro benzene ring substituents is 1. The Balaban J connectivity index is 1.33. The van der Waals surface area contributed by atoms with Crippen LogP contribution < -0.4 is 5.32 Å². The molecule has 0 fully saturated rings. The Kier molecular flexibility index (Phi) is 5.69. The van der Waals surface area contributed by atoms with Crippen molar-refractivity contribution in [1.82, 2.24) is 20.0 Å². The van der Waals surface area contributed by atoms with Crippen molar-refractivity contribution >= 4 is 5.69 Å². The number of rotatable bonds is 7. The van der Waals surface area contributed by atoms with Gasteiger partial charge in [0.1, 0.15) is 0 Å². The van der Waals surface area contributed by atoms with Crippen molar-refractivity contribution in [3.63, 3.8) is 0 Å². The minimum atomic E-state index is -0.385. The first-order valence-corrected chi connectivity index (χ1v) is 9.87. The third-order valence-electron chi connectivity index (χ3n) is 5.39. The fourth-order valence-electron chi connectivity index (χ4n) is 3.86. The van der Waals surface area contributed by atoms with Gasteiger partial charge in [0.25, 0.3) is 5.69 Å². The van der Waals surface area contributed by atoms with Crippen LogP contribution in [0.5, 0.6) is 0 Å². The van der Waals surface area contributed by atoms with Crippen LogP contribution in [0.1, 0.15) is 16.7 Å². The Hall–Kier alpha value is -3.03. The molecule has 0 aliphatic carbocycles. The average Bonchev–Trinajstić information content (AvgIpc) is 3.11. The summed E-state index contributed by atoms with van der Waals surface area (Å²) in [5.74, 6) is 0. The molecule has 3 aromatic rings. The quantitative estimate of drug-likeness (QED) is 0.380. The van der Waals surface area contributed by atoms with Crippen LogP contribution in [-0.4, -0.2) is 39.2 Å². The predicted octanol–water partition coefficient (Wildman–Crippen LogP) is 3.14. The first-order chi connectivity index (χ1) is 14.1. The van der Waals surface area contributed by atoms with Gasteiger partial charge < -0.3 is 5.32 Å². The van der Waals surface area contributed by atoms with Crippen LogP contribution in [0, 0.1) is 10.1 Å². The molecule has 1 aliphatic heterocycles. The predicted molar refractivity (Wildman–Crippen MR) is 112 cm³/mol. The van der Waals surface area contributed by atoms with Crippen LogP contribution in [0.3, 0.4) is 0 Å². The Bertz CT molecular complexity index is 997. The molecule has 0 amide bonds. The highest BCUT2D eigenvalue weighted by Crippen LogP contribution is 2.24. The number of hydrogen-bond acceptors (Lipinski definition) is 5. The van der Waals surface area contributed by atoms with E-state index in [1.54, 1.807) is 16.8 Å². The molecule has 1 N–H and O–H groups in total. The van der Waals surface area contributed by atoms with Gasteiger partial charge in [-0.15, -0.1) is 0 Å². The van der Waals surface area contributed by atoms with E-state index in [2.05, 4.69) is 39.6 Å². The summed E-state index contributed by atoms with van der Waals surface area (Å²) in [6, 6.07) is 15.2. The van der Waals surface area contributed by atoms with E-state index in [-0.39, 0.29) is 10.6 Å². The zero-order chi connectivity index (χ0) is 20.2. The molecule has 2 aromatic carbocycles. The van der Waals surface area contributed by atoms with Gasteiger partial charge in [-0.05, 0) is 29.7 Å². The number of hydrogen-bond donors (Lipinski definition) is 1. The lowest BCUT2D eigenvalue weighted by molar-refractivity contribution is -0.384. The number of nitrogens with zero attached hydrogens (tertiary/aromatic N) is 4. The van der Waals surface area contributed by atoms with Gasteiger partial charge in [0.15, 0.2) is 0 Å². The van der Waals surface area contributed by atoms with Gasteiger partial charge in [-0.2, -0.15) is 5.10 Å². The topological polar surface area (TPSA) is 76.2 Å². The molecular formula is C22H25N5O2. The third-order valence-corrected chi connectivity index (χ3v) is 5.39. The molecule has 7 heteroatoms. The van der Waals surface area contributed by atoms with Gasteiger partial charge in [0, 0.05) is 69.2 Å². The second kappa shape index (κ2) is 8.55. The molecule has 0 bridgehead atoms. The van der Waals surface area contributed by atoms with E-state index in [1.807, 2.05) is 13.2 Å². The van der Waals surface area contributed by atoms with Crippen LogP contribution in [0.4, 0.5) is 5.69 Å². The second-order valence-electron chi connectivity index (χ2n) is 7.45. The molecule has 0 saturated heterocycles. The van der Waals surface area contributed by atoms with Crippen LogP contribution >= 0.6 is 0 Å². The normalized spacial score (nSPS) is 14.0. The van der Waals surface area contributed by atoms with Crippen molar-refractivity contribution in [3.8, 4) is 11.3 Å². The summed E-state index contributed by atoms with van der Waals surface area (Å²) in [7, 11) is 1.89. The molecule has 1 aliphatic rings. The van der Waals surface area contributed by atoms with Crippen LogP contribution in [-0.2, 0) is 26.6 Å². The van der Waals surface area contributed by atoms with Gasteiger partial charge in [0.2, 0.25) is 0 Å². The van der Waals surface area contributed by atoms with E-state index < -0.39 is 0 Å². The van der Waals surface area contributed by atoms with E-state index in [0.717, 1.165) is 49.4 Å². The molecule has 29 heavy (non-hydrogen) atoms. The third kappa shape index (κ3) is 4.52. The average molecular weight is 391 g/mol. The number of nitro groups is 1. The molecule has 0 atom stereocenters. The summed E-state index contributed by atoms with van der Waals surface area (Å²) < 4.78 is 1.79. The SMILES string of the molecule is Cn1cc(CNCCN2CCc3ccccc3C2)c(-c2ccc([N+](=O)[O-])cc2)n1. The maximum atomic E-state index is 10.9. The zero-order valence-corrected chi connectivity index (χ0v) is 16.5. The lowest BCUT2D eigenvalue weighted by Gasteiger charge is -2.28. The molecule has 2 heterocycles. The number of nitrogens with one attached hydrogen (secondary N) is 1. The van der Waals surface area contributed by atoms with Crippen LogP contribution in [0.25, 0.3) is 11.3 Å². The van der Waals surface area contributed by atoms with Crippen molar-refractivity contribution in [2.75, 3.05) is 19.6 Å². The zero-order valence-electron chi connectivity index (χ0n) is 16.5. The number of aromatic nitrogens is 2. The fraction of sp³-hybridized carbons (Fsp3) is 0.318. The first kappa shape index (κ1) is 19.3. The molecule has 7 nitrogen and oxygen atoms in total. The van der Waals surface area contributed by atoms with Crippen molar-refractivity contribution in [1.29, 1.82) is 0 Å². The lowest BCUT2D eigenvalue weighted by atomic mass is 10.00. The van der Waals surface area contributed by atoms with Crippen LogP contribution in [0.15, 0.2) is 54.7 Å². The first-order valence-electron chi connectivity index (χ1n) is 9.87. The van der Waals surface area contributed by atoms with Gasteiger partial charge >= 0.3 is 0 Å². The van der Waals surface area contributed by atoms with Gasteiger partial charge in [-0.3, -0.25) is 19.7 Å². The summed E-state index contributed by atoms with van der Waals surface area (Å²) in [6.45, 7) is 4.72. The maximum absolute atomic E-state index is 10.9. The minimum Gasteiger partial charge on any atom is -0.311 e. The number of nitro benzene ring substituents is 1. The van der Waals surface area contributed by atoms with E-state index in [4.69, 9.17) is 0 Å². The minimum absolute atomic E-state index is 0.0902. The summed E-state index contributed by atoms with van der Waals surface area (Å²) >= 11 is 0. The van der Waals surface area contributed by atoms with Crippen molar-refractivity contribution in [2.24, 2.45) is 7.05 Å². The summed E-state index contributed by atoms with van der Waals surface area (Å²) in [6.07, 6.45) is 3.12. The molecule has 150 valence electrons. The number of aryl methyl sites for hydroxylation is 1. The Labute approximate surface area is 170 Å². The smallest absolute Gasteiger partial charge is 0.269 e. The Morgan fingerprint density at radius 2 is 1.90 bits per heavy atom. The molecule has 0 radical (unpaired) electrons.